The number of nitrogens with zero attached hydrogens (tertiary/aromatic N) is 3. The molecule has 1 aromatic carbocycles. The normalized spacial score (nSPS) is 18.7. The van der Waals surface area contributed by atoms with E-state index in [-0.39, 0.29) is 23.0 Å². The lowest BCUT2D eigenvalue weighted by Crippen LogP contribution is -2.30. The third-order valence-corrected chi connectivity index (χ3v) is 4.01. The number of aliphatic imine (C=N–C) groups is 1. The first kappa shape index (κ1) is 21.1. The maximum Gasteiger partial charge on any atom is 0.396 e. The summed E-state index contributed by atoms with van der Waals surface area (Å²) >= 11 is 0. The van der Waals surface area contributed by atoms with Gasteiger partial charge in [0.15, 0.2) is 0 Å². The van der Waals surface area contributed by atoms with Crippen LogP contribution in [0.1, 0.15) is 36.8 Å². The van der Waals surface area contributed by atoms with Crippen LogP contribution >= 0.6 is 0 Å². The molecule has 1 amide bonds. The van der Waals surface area contributed by atoms with Crippen LogP contribution in [-0.2, 0) is 10.3 Å². The Kier molecular flexibility index (Phi) is 5.38. The van der Waals surface area contributed by atoms with Crippen molar-refractivity contribution < 1.29 is 27.4 Å². The Labute approximate surface area is 169 Å². The van der Waals surface area contributed by atoms with E-state index in [0.29, 0.717) is 12.7 Å². The Bertz CT molecular complexity index is 1010. The van der Waals surface area contributed by atoms with Gasteiger partial charge in [-0.3, -0.25) is 4.79 Å². The number of halogens is 3. The highest BCUT2D eigenvalue weighted by molar-refractivity contribution is 6.02. The van der Waals surface area contributed by atoms with Gasteiger partial charge in [0, 0.05) is 18.2 Å². The summed E-state index contributed by atoms with van der Waals surface area (Å²) < 4.78 is 49.6. The number of benzene rings is 1. The molecule has 0 bridgehead atoms. The van der Waals surface area contributed by atoms with Crippen molar-refractivity contribution in [1.29, 1.82) is 0 Å². The molecule has 0 saturated heterocycles. The fourth-order valence-corrected chi connectivity index (χ4v) is 2.87. The summed E-state index contributed by atoms with van der Waals surface area (Å²) in [5, 5.41) is 2.54. The van der Waals surface area contributed by atoms with Gasteiger partial charge in [0.2, 0.25) is 5.88 Å². The second-order valence-electron chi connectivity index (χ2n) is 6.75. The molecular weight excluding hydrogens is 403 g/mol. The number of aromatic nitrogens is 2. The monoisotopic (exact) mass is 421 g/mol. The van der Waals surface area contributed by atoms with E-state index >= 15 is 0 Å². The van der Waals surface area contributed by atoms with Crippen molar-refractivity contribution in [2.75, 3.05) is 5.32 Å². The Morgan fingerprint density at radius 2 is 2.03 bits per heavy atom. The van der Waals surface area contributed by atoms with Gasteiger partial charge in [-0.1, -0.05) is 0 Å². The zero-order chi connectivity index (χ0) is 22.1. The molecule has 0 aliphatic carbocycles. The molecule has 3 rings (SSSR count). The van der Waals surface area contributed by atoms with Crippen LogP contribution in [0.2, 0.25) is 0 Å². The summed E-state index contributed by atoms with van der Waals surface area (Å²) in [6.07, 6.45) is 0.0528. The Morgan fingerprint density at radius 1 is 1.30 bits per heavy atom. The summed E-state index contributed by atoms with van der Waals surface area (Å²) in [5.41, 5.74) is 4.78. The van der Waals surface area contributed by atoms with E-state index in [2.05, 4.69) is 25.0 Å². The molecule has 3 N–H and O–H groups in total. The van der Waals surface area contributed by atoms with E-state index in [4.69, 9.17) is 10.5 Å². The summed E-state index contributed by atoms with van der Waals surface area (Å²) in [6.45, 7) is 3.85. The Hall–Kier alpha value is -3.63. The van der Waals surface area contributed by atoms with Crippen LogP contribution in [0.5, 0.6) is 5.88 Å². The number of carbonyl (C=O) groups is 1. The summed E-state index contributed by atoms with van der Waals surface area (Å²) in [7, 11) is 0. The number of nitrogens with two attached hydrogens (primary N) is 1. The van der Waals surface area contributed by atoms with E-state index in [1.807, 2.05) is 0 Å². The van der Waals surface area contributed by atoms with Gasteiger partial charge in [0.05, 0.1) is 12.4 Å². The van der Waals surface area contributed by atoms with Crippen LogP contribution < -0.4 is 15.8 Å². The number of alkyl halides is 2. The SMILES string of the molecule is CC1=C[C@@](C)(c2cc(NC(=O)c3cnc(OC(C)(F)F)cn3)ccc2F)N=C(N)O1. The van der Waals surface area contributed by atoms with Crippen molar-refractivity contribution >= 4 is 17.6 Å². The van der Waals surface area contributed by atoms with Crippen molar-refractivity contribution in [3.05, 3.63) is 59.5 Å². The average molecular weight is 421 g/mol. The molecule has 2 aromatic rings. The van der Waals surface area contributed by atoms with Gasteiger partial charge in [-0.25, -0.2) is 19.4 Å². The maximum absolute atomic E-state index is 14.5. The quantitative estimate of drug-likeness (QED) is 0.766. The predicted octanol–water partition coefficient (Wildman–Crippen LogP) is 3.32. The van der Waals surface area contributed by atoms with E-state index < -0.39 is 29.3 Å². The zero-order valence-electron chi connectivity index (χ0n) is 16.2. The molecule has 1 aliphatic heterocycles. The number of hydrogen-bond donors (Lipinski definition) is 2. The van der Waals surface area contributed by atoms with Crippen LogP contribution in [0.3, 0.4) is 0 Å². The molecular formula is C19H18F3N5O3. The minimum absolute atomic E-state index is 0.110. The summed E-state index contributed by atoms with van der Waals surface area (Å²) in [6, 6.07) is 3.82. The Morgan fingerprint density at radius 3 is 2.63 bits per heavy atom. The number of ether oxygens (including phenoxy) is 2. The molecule has 30 heavy (non-hydrogen) atoms. The number of amidine groups is 1. The lowest BCUT2D eigenvalue weighted by molar-refractivity contribution is -0.161. The van der Waals surface area contributed by atoms with Gasteiger partial charge in [-0.05, 0) is 38.1 Å². The van der Waals surface area contributed by atoms with E-state index in [1.54, 1.807) is 19.9 Å². The van der Waals surface area contributed by atoms with Crippen molar-refractivity contribution in [1.82, 2.24) is 9.97 Å². The van der Waals surface area contributed by atoms with Crippen LogP contribution in [-0.4, -0.2) is 28.0 Å². The van der Waals surface area contributed by atoms with Crippen molar-refractivity contribution in [2.45, 2.75) is 32.4 Å². The smallest absolute Gasteiger partial charge is 0.396 e. The molecule has 11 heteroatoms. The van der Waals surface area contributed by atoms with Gasteiger partial charge < -0.3 is 20.5 Å². The van der Waals surface area contributed by atoms with Gasteiger partial charge in [0.25, 0.3) is 11.9 Å². The number of rotatable bonds is 5. The molecule has 0 fully saturated rings. The van der Waals surface area contributed by atoms with Gasteiger partial charge in [-0.2, -0.15) is 8.78 Å². The number of anilines is 1. The summed E-state index contributed by atoms with van der Waals surface area (Å²) in [4.78, 5) is 23.9. The topological polar surface area (TPSA) is 112 Å². The predicted molar refractivity (Wildman–Crippen MR) is 101 cm³/mol. The van der Waals surface area contributed by atoms with Crippen LogP contribution in [0.15, 0.2) is 47.4 Å². The number of hydrogen-bond acceptors (Lipinski definition) is 7. The first-order chi connectivity index (χ1) is 13.9. The first-order valence-electron chi connectivity index (χ1n) is 8.68. The molecule has 1 aliphatic rings. The average Bonchev–Trinajstić information content (AvgIpc) is 2.61. The molecule has 158 valence electrons. The largest absolute Gasteiger partial charge is 0.431 e. The molecule has 0 radical (unpaired) electrons. The number of carbonyl (C=O) groups excluding carboxylic acids is 1. The van der Waals surface area contributed by atoms with Crippen molar-refractivity contribution in [3.63, 3.8) is 0 Å². The molecule has 1 atom stereocenters. The fourth-order valence-electron chi connectivity index (χ4n) is 2.87. The minimum Gasteiger partial charge on any atom is -0.431 e. The highest BCUT2D eigenvalue weighted by Gasteiger charge is 2.31. The van der Waals surface area contributed by atoms with Crippen molar-refractivity contribution in [3.8, 4) is 5.88 Å². The lowest BCUT2D eigenvalue weighted by Gasteiger charge is -2.27. The highest BCUT2D eigenvalue weighted by Crippen LogP contribution is 2.34. The minimum atomic E-state index is -3.43. The molecule has 2 heterocycles. The Balaban J connectivity index is 1.82. The molecule has 1 aromatic heterocycles. The third kappa shape index (κ3) is 4.85. The number of nitrogens with one attached hydrogen (secondary N) is 1. The second kappa shape index (κ2) is 7.65. The van der Waals surface area contributed by atoms with Crippen LogP contribution in [0, 0.1) is 5.82 Å². The molecule has 0 saturated carbocycles. The second-order valence-corrected chi connectivity index (χ2v) is 6.75. The van der Waals surface area contributed by atoms with Crippen molar-refractivity contribution in [2.24, 2.45) is 10.7 Å². The maximum atomic E-state index is 14.5. The third-order valence-electron chi connectivity index (χ3n) is 4.01. The van der Waals surface area contributed by atoms with Gasteiger partial charge in [0.1, 0.15) is 22.8 Å². The first-order valence-corrected chi connectivity index (χ1v) is 8.68. The molecule has 0 spiro atoms. The number of amides is 1. The van der Waals surface area contributed by atoms with Crippen LogP contribution in [0.4, 0.5) is 18.9 Å². The number of allylic oxidation sites excluding steroid dienone is 1. The van der Waals surface area contributed by atoms with Gasteiger partial charge >= 0.3 is 6.11 Å². The van der Waals surface area contributed by atoms with E-state index in [0.717, 1.165) is 12.4 Å². The van der Waals surface area contributed by atoms with E-state index in [1.165, 1.54) is 18.2 Å². The fraction of sp³-hybridized carbons (Fsp3) is 0.263. The summed E-state index contributed by atoms with van der Waals surface area (Å²) in [5.74, 6) is -1.22. The standard InChI is InChI=1S/C19H18F3N5O3/c1-10-7-18(2,27-17(23)29-10)12-6-11(4-5-13(12)20)26-16(28)14-8-25-15(9-24-14)30-19(3,21)22/h4-9H,1-3H3,(H2,23,27)(H,26,28)/t18-/m0/s1. The zero-order valence-corrected chi connectivity index (χ0v) is 16.2. The lowest BCUT2D eigenvalue weighted by atomic mass is 9.90. The van der Waals surface area contributed by atoms with Gasteiger partial charge in [-0.15, -0.1) is 0 Å². The highest BCUT2D eigenvalue weighted by atomic mass is 19.3. The molecule has 8 nitrogen and oxygen atoms in total. The van der Waals surface area contributed by atoms with Crippen LogP contribution in [0.25, 0.3) is 0 Å². The molecule has 0 unspecified atom stereocenters. The van der Waals surface area contributed by atoms with E-state index in [9.17, 15) is 18.0 Å².